The van der Waals surface area contributed by atoms with Gasteiger partial charge >= 0.3 is 0 Å². The Labute approximate surface area is 120 Å². The van der Waals surface area contributed by atoms with E-state index in [9.17, 15) is 0 Å². The van der Waals surface area contributed by atoms with Gasteiger partial charge in [0.15, 0.2) is 0 Å². The van der Waals surface area contributed by atoms with Crippen LogP contribution in [-0.2, 0) is 19.9 Å². The summed E-state index contributed by atoms with van der Waals surface area (Å²) in [5.41, 5.74) is 4.70. The molecule has 0 unspecified atom stereocenters. The van der Waals surface area contributed by atoms with E-state index in [4.69, 9.17) is 4.98 Å². The molecule has 0 saturated heterocycles. The fourth-order valence-electron chi connectivity index (χ4n) is 2.59. The van der Waals surface area contributed by atoms with Crippen molar-refractivity contribution in [1.82, 2.24) is 19.7 Å². The molecule has 0 aromatic carbocycles. The summed E-state index contributed by atoms with van der Waals surface area (Å²) in [4.78, 5) is 9.20. The van der Waals surface area contributed by atoms with Gasteiger partial charge < -0.3 is 0 Å². The van der Waals surface area contributed by atoms with Gasteiger partial charge in [-0.25, -0.2) is 9.97 Å². The normalized spacial score (nSPS) is 14.8. The number of hydrogen-bond donors (Lipinski definition) is 0. The molecule has 0 amide bonds. The molecule has 3 rings (SSSR count). The third kappa shape index (κ3) is 2.60. The zero-order valence-electron chi connectivity index (χ0n) is 12.6. The summed E-state index contributed by atoms with van der Waals surface area (Å²) in [6.45, 7) is 4.24. The van der Waals surface area contributed by atoms with Gasteiger partial charge in [-0.05, 0) is 44.1 Å². The monoisotopic (exact) mass is 270 g/mol. The minimum Gasteiger partial charge on any atom is -0.272 e. The Morgan fingerprint density at radius 2 is 2.10 bits per heavy atom. The molecule has 0 N–H and O–H groups in total. The van der Waals surface area contributed by atoms with Crippen molar-refractivity contribution in [2.45, 2.75) is 46.0 Å². The maximum absolute atomic E-state index is 4.77. The van der Waals surface area contributed by atoms with E-state index in [-0.39, 0.29) is 0 Å². The fraction of sp³-hybridized carbons (Fsp3) is 0.562. The van der Waals surface area contributed by atoms with Crippen LogP contribution in [0.1, 0.15) is 43.3 Å². The van der Waals surface area contributed by atoms with Crippen LogP contribution in [-0.4, -0.2) is 19.7 Å². The molecular formula is C16H22N4. The van der Waals surface area contributed by atoms with Gasteiger partial charge in [0.2, 0.25) is 0 Å². The topological polar surface area (TPSA) is 43.6 Å². The van der Waals surface area contributed by atoms with E-state index in [1.807, 2.05) is 24.1 Å². The van der Waals surface area contributed by atoms with Gasteiger partial charge in [0, 0.05) is 30.9 Å². The molecule has 2 aromatic heterocycles. The molecule has 20 heavy (non-hydrogen) atoms. The first-order chi connectivity index (χ1) is 9.69. The van der Waals surface area contributed by atoms with Crippen molar-refractivity contribution >= 4 is 0 Å². The molecular weight excluding hydrogens is 248 g/mol. The van der Waals surface area contributed by atoms with Crippen LogP contribution in [0.4, 0.5) is 0 Å². The van der Waals surface area contributed by atoms with Crippen LogP contribution < -0.4 is 0 Å². The third-order valence-electron chi connectivity index (χ3n) is 3.99. The molecule has 0 atom stereocenters. The van der Waals surface area contributed by atoms with Gasteiger partial charge in [-0.1, -0.05) is 6.92 Å². The van der Waals surface area contributed by atoms with E-state index in [0.29, 0.717) is 0 Å². The third-order valence-corrected chi connectivity index (χ3v) is 3.99. The molecule has 106 valence electrons. The van der Waals surface area contributed by atoms with Gasteiger partial charge in [0.25, 0.3) is 0 Å². The van der Waals surface area contributed by atoms with Crippen LogP contribution in [0.15, 0.2) is 12.4 Å². The molecule has 4 nitrogen and oxygen atoms in total. The van der Waals surface area contributed by atoms with Crippen molar-refractivity contribution in [3.8, 4) is 11.3 Å². The first kappa shape index (κ1) is 13.3. The standard InChI is InChI=1S/C16H22N4/c1-4-5-15-17-9-11(2)16(19-15)13-10-18-20(3)14(13)8-12-6-7-12/h9-10,12H,4-8H2,1-3H3. The number of nitrogens with zero attached hydrogens (tertiary/aromatic N) is 4. The van der Waals surface area contributed by atoms with E-state index in [1.165, 1.54) is 24.1 Å². The molecule has 2 aromatic rings. The Morgan fingerprint density at radius 3 is 2.80 bits per heavy atom. The zero-order chi connectivity index (χ0) is 14.1. The highest BCUT2D eigenvalue weighted by Crippen LogP contribution is 2.35. The number of aryl methyl sites for hydroxylation is 3. The van der Waals surface area contributed by atoms with Crippen LogP contribution in [0.5, 0.6) is 0 Å². The smallest absolute Gasteiger partial charge is 0.128 e. The number of hydrogen-bond acceptors (Lipinski definition) is 3. The molecule has 4 heteroatoms. The van der Waals surface area contributed by atoms with Crippen molar-refractivity contribution in [2.24, 2.45) is 13.0 Å². The molecule has 0 bridgehead atoms. The number of aromatic nitrogens is 4. The molecule has 1 aliphatic carbocycles. The predicted octanol–water partition coefficient (Wildman–Crippen LogP) is 3.09. The molecule has 0 radical (unpaired) electrons. The molecule has 1 saturated carbocycles. The van der Waals surface area contributed by atoms with Gasteiger partial charge in [0.1, 0.15) is 5.82 Å². The summed E-state index contributed by atoms with van der Waals surface area (Å²) in [6, 6.07) is 0. The predicted molar refractivity (Wildman–Crippen MR) is 79.4 cm³/mol. The Hall–Kier alpha value is -1.71. The zero-order valence-corrected chi connectivity index (χ0v) is 12.6. The highest BCUT2D eigenvalue weighted by molar-refractivity contribution is 5.64. The van der Waals surface area contributed by atoms with Crippen LogP contribution in [0.2, 0.25) is 0 Å². The van der Waals surface area contributed by atoms with E-state index in [2.05, 4.69) is 23.9 Å². The SMILES string of the molecule is CCCc1ncc(C)c(-c2cnn(C)c2CC2CC2)n1. The lowest BCUT2D eigenvalue weighted by molar-refractivity contribution is 0.677. The largest absolute Gasteiger partial charge is 0.272 e. The van der Waals surface area contributed by atoms with E-state index >= 15 is 0 Å². The minimum absolute atomic E-state index is 0.849. The summed E-state index contributed by atoms with van der Waals surface area (Å²) in [6.07, 6.45) is 9.75. The molecule has 0 aliphatic heterocycles. The van der Waals surface area contributed by atoms with Crippen LogP contribution in [0, 0.1) is 12.8 Å². The van der Waals surface area contributed by atoms with Crippen molar-refractivity contribution in [2.75, 3.05) is 0 Å². The van der Waals surface area contributed by atoms with Gasteiger partial charge in [0.05, 0.1) is 11.9 Å². The van der Waals surface area contributed by atoms with Crippen LogP contribution in [0.3, 0.4) is 0 Å². The fourth-order valence-corrected chi connectivity index (χ4v) is 2.59. The average molecular weight is 270 g/mol. The first-order valence-corrected chi connectivity index (χ1v) is 7.52. The van der Waals surface area contributed by atoms with Crippen molar-refractivity contribution in [3.63, 3.8) is 0 Å². The second-order valence-corrected chi connectivity index (χ2v) is 5.84. The minimum atomic E-state index is 0.849. The highest BCUT2D eigenvalue weighted by atomic mass is 15.3. The summed E-state index contributed by atoms with van der Waals surface area (Å²) in [5, 5.41) is 4.45. The second-order valence-electron chi connectivity index (χ2n) is 5.84. The van der Waals surface area contributed by atoms with E-state index in [1.54, 1.807) is 0 Å². The summed E-state index contributed by atoms with van der Waals surface area (Å²) in [5.74, 6) is 1.79. The van der Waals surface area contributed by atoms with Gasteiger partial charge in [-0.3, -0.25) is 4.68 Å². The maximum Gasteiger partial charge on any atom is 0.128 e. The Balaban J connectivity index is 2.01. The Kier molecular flexibility index (Phi) is 3.55. The Morgan fingerprint density at radius 1 is 1.30 bits per heavy atom. The lowest BCUT2D eigenvalue weighted by atomic mass is 10.0. The number of rotatable bonds is 5. The lowest BCUT2D eigenvalue weighted by Gasteiger charge is -2.09. The first-order valence-electron chi connectivity index (χ1n) is 7.52. The summed E-state index contributed by atoms with van der Waals surface area (Å²) in [7, 11) is 2.03. The van der Waals surface area contributed by atoms with E-state index < -0.39 is 0 Å². The lowest BCUT2D eigenvalue weighted by Crippen LogP contribution is -2.03. The van der Waals surface area contributed by atoms with Gasteiger partial charge in [-0.15, -0.1) is 0 Å². The second kappa shape index (κ2) is 5.35. The molecule has 0 spiro atoms. The van der Waals surface area contributed by atoms with Crippen molar-refractivity contribution < 1.29 is 0 Å². The molecule has 1 aliphatic rings. The summed E-state index contributed by atoms with van der Waals surface area (Å²) < 4.78 is 2.01. The van der Waals surface area contributed by atoms with E-state index in [0.717, 1.165) is 42.3 Å². The quantitative estimate of drug-likeness (QED) is 0.838. The highest BCUT2D eigenvalue weighted by Gasteiger charge is 2.25. The Bertz CT molecular complexity index is 611. The van der Waals surface area contributed by atoms with Crippen molar-refractivity contribution in [3.05, 3.63) is 29.5 Å². The maximum atomic E-state index is 4.77. The molecule has 2 heterocycles. The van der Waals surface area contributed by atoms with Crippen LogP contribution >= 0.6 is 0 Å². The van der Waals surface area contributed by atoms with Gasteiger partial charge in [-0.2, -0.15) is 5.10 Å². The average Bonchev–Trinajstić information content (AvgIpc) is 3.18. The summed E-state index contributed by atoms with van der Waals surface area (Å²) >= 11 is 0. The van der Waals surface area contributed by atoms with Crippen LogP contribution in [0.25, 0.3) is 11.3 Å². The molecule has 1 fully saturated rings. The van der Waals surface area contributed by atoms with Crippen molar-refractivity contribution in [1.29, 1.82) is 0 Å².